The van der Waals surface area contributed by atoms with E-state index in [1.54, 1.807) is 17.3 Å². The number of aromatic nitrogens is 1. The normalized spacial score (nSPS) is 16.6. The van der Waals surface area contributed by atoms with Crippen LogP contribution in [0, 0.1) is 5.92 Å². The molecule has 2 heterocycles. The van der Waals surface area contributed by atoms with Crippen molar-refractivity contribution in [1.29, 1.82) is 0 Å². The number of hydrogen-bond donors (Lipinski definition) is 1. The fourth-order valence-electron chi connectivity index (χ4n) is 3.04. The van der Waals surface area contributed by atoms with E-state index in [0.717, 1.165) is 24.0 Å². The Morgan fingerprint density at radius 2 is 1.83 bits per heavy atom. The number of nitrogens with zero attached hydrogens (tertiary/aromatic N) is 2. The number of aliphatic hydroxyl groups is 1. The summed E-state index contributed by atoms with van der Waals surface area (Å²) in [5, 5.41) is 10.5. The Hall–Kier alpha value is -2.40. The first-order chi connectivity index (χ1) is 11.7. The molecule has 1 aliphatic rings. The molecule has 1 aliphatic heterocycles. The lowest BCUT2D eigenvalue weighted by molar-refractivity contribution is 0.0449. The number of likely N-dealkylation sites (tertiary alicyclic amines) is 1. The van der Waals surface area contributed by atoms with E-state index in [0.29, 0.717) is 19.7 Å². The lowest BCUT2D eigenvalue weighted by Gasteiger charge is -2.33. The monoisotopic (exact) mass is 326 g/mol. The van der Waals surface area contributed by atoms with Gasteiger partial charge in [-0.05, 0) is 42.0 Å². The average molecular weight is 326 g/mol. The Balaban J connectivity index is 1.47. The van der Waals surface area contributed by atoms with Crippen LogP contribution in [0.4, 0.5) is 4.79 Å². The molecule has 1 saturated heterocycles. The molecule has 24 heavy (non-hydrogen) atoms. The first-order valence-electron chi connectivity index (χ1n) is 8.27. The van der Waals surface area contributed by atoms with Crippen LogP contribution < -0.4 is 0 Å². The Labute approximate surface area is 141 Å². The number of ether oxygens (including phenoxy) is 1. The lowest BCUT2D eigenvalue weighted by atomic mass is 9.88. The van der Waals surface area contributed by atoms with Crippen LogP contribution in [-0.2, 0) is 11.3 Å². The molecule has 5 heteroatoms. The second-order valence-electron chi connectivity index (χ2n) is 6.09. The highest BCUT2D eigenvalue weighted by Gasteiger charge is 2.28. The summed E-state index contributed by atoms with van der Waals surface area (Å²) >= 11 is 0. The molecule has 1 unspecified atom stereocenters. The zero-order chi connectivity index (χ0) is 16.8. The quantitative estimate of drug-likeness (QED) is 0.937. The highest BCUT2D eigenvalue weighted by Crippen LogP contribution is 2.30. The van der Waals surface area contributed by atoms with Gasteiger partial charge in [0.05, 0.1) is 6.10 Å². The van der Waals surface area contributed by atoms with Crippen molar-refractivity contribution < 1.29 is 14.6 Å². The molecular weight excluding hydrogens is 304 g/mol. The van der Waals surface area contributed by atoms with Crippen molar-refractivity contribution in [3.05, 3.63) is 66.0 Å². The maximum absolute atomic E-state index is 12.2. The Kier molecular flexibility index (Phi) is 5.43. The number of carbonyl (C=O) groups is 1. The summed E-state index contributed by atoms with van der Waals surface area (Å²) < 4.78 is 5.36. The maximum Gasteiger partial charge on any atom is 0.410 e. The summed E-state index contributed by atoms with van der Waals surface area (Å²) in [5.41, 5.74) is 1.86. The van der Waals surface area contributed by atoms with Crippen LogP contribution >= 0.6 is 0 Å². The molecule has 0 aliphatic carbocycles. The molecule has 1 amide bonds. The summed E-state index contributed by atoms with van der Waals surface area (Å²) in [6.45, 7) is 1.51. The molecule has 1 N–H and O–H groups in total. The first-order valence-corrected chi connectivity index (χ1v) is 8.27. The standard InChI is InChI=1S/C19H22N2O3/c22-18(16-6-10-20-11-7-16)17-8-12-21(13-9-17)19(23)24-14-15-4-2-1-3-5-15/h1-7,10-11,17-18,22H,8-9,12-14H2. The molecule has 3 rings (SSSR count). The smallest absolute Gasteiger partial charge is 0.410 e. The fraction of sp³-hybridized carbons (Fsp3) is 0.368. The third-order valence-corrected chi connectivity index (χ3v) is 4.50. The Bertz CT molecular complexity index is 640. The number of amides is 1. The highest BCUT2D eigenvalue weighted by atomic mass is 16.6. The molecule has 1 atom stereocenters. The van der Waals surface area contributed by atoms with E-state index in [1.165, 1.54) is 0 Å². The van der Waals surface area contributed by atoms with Crippen molar-refractivity contribution in [2.45, 2.75) is 25.6 Å². The zero-order valence-electron chi connectivity index (χ0n) is 13.5. The van der Waals surface area contributed by atoms with E-state index < -0.39 is 6.10 Å². The Morgan fingerprint density at radius 3 is 2.50 bits per heavy atom. The minimum Gasteiger partial charge on any atom is -0.445 e. The van der Waals surface area contributed by atoms with E-state index in [2.05, 4.69) is 4.98 Å². The molecule has 0 bridgehead atoms. The maximum atomic E-state index is 12.2. The van der Waals surface area contributed by atoms with Crippen LogP contribution in [0.2, 0.25) is 0 Å². The first kappa shape index (κ1) is 16.5. The summed E-state index contributed by atoms with van der Waals surface area (Å²) in [5.74, 6) is 0.158. The minimum absolute atomic E-state index is 0.158. The largest absolute Gasteiger partial charge is 0.445 e. The topological polar surface area (TPSA) is 62.7 Å². The molecule has 126 valence electrons. The van der Waals surface area contributed by atoms with Gasteiger partial charge in [0.15, 0.2) is 0 Å². The molecule has 1 aromatic carbocycles. The van der Waals surface area contributed by atoms with Gasteiger partial charge in [0.25, 0.3) is 0 Å². The lowest BCUT2D eigenvalue weighted by Crippen LogP contribution is -2.40. The van der Waals surface area contributed by atoms with Gasteiger partial charge >= 0.3 is 6.09 Å². The second kappa shape index (κ2) is 7.93. The van der Waals surface area contributed by atoms with Crippen molar-refractivity contribution in [3.63, 3.8) is 0 Å². The minimum atomic E-state index is -0.504. The number of aliphatic hydroxyl groups excluding tert-OH is 1. The zero-order valence-corrected chi connectivity index (χ0v) is 13.5. The van der Waals surface area contributed by atoms with E-state index in [-0.39, 0.29) is 12.0 Å². The van der Waals surface area contributed by atoms with Gasteiger partial charge in [-0.15, -0.1) is 0 Å². The second-order valence-corrected chi connectivity index (χ2v) is 6.09. The number of pyridine rings is 1. The van der Waals surface area contributed by atoms with Gasteiger partial charge in [0, 0.05) is 25.5 Å². The molecule has 0 spiro atoms. The molecule has 5 nitrogen and oxygen atoms in total. The van der Waals surface area contributed by atoms with E-state index >= 15 is 0 Å². The molecule has 2 aromatic rings. The third-order valence-electron chi connectivity index (χ3n) is 4.50. The summed E-state index contributed by atoms with van der Waals surface area (Å²) in [7, 11) is 0. The van der Waals surface area contributed by atoms with Crippen LogP contribution in [0.5, 0.6) is 0 Å². The van der Waals surface area contributed by atoms with E-state index in [9.17, 15) is 9.90 Å². The summed E-state index contributed by atoms with van der Waals surface area (Å²) in [4.78, 5) is 17.8. The molecule has 0 radical (unpaired) electrons. The van der Waals surface area contributed by atoms with Gasteiger partial charge < -0.3 is 14.7 Å². The molecular formula is C19H22N2O3. The number of rotatable bonds is 4. The van der Waals surface area contributed by atoms with Gasteiger partial charge in [-0.25, -0.2) is 4.79 Å². The average Bonchev–Trinajstić information content (AvgIpc) is 2.67. The van der Waals surface area contributed by atoms with E-state index in [1.807, 2.05) is 42.5 Å². The van der Waals surface area contributed by atoms with Crippen molar-refractivity contribution in [3.8, 4) is 0 Å². The number of hydrogen-bond acceptors (Lipinski definition) is 4. The van der Waals surface area contributed by atoms with Crippen molar-refractivity contribution in [1.82, 2.24) is 9.88 Å². The molecule has 0 saturated carbocycles. The van der Waals surface area contributed by atoms with E-state index in [4.69, 9.17) is 4.74 Å². The number of benzene rings is 1. The van der Waals surface area contributed by atoms with Crippen molar-refractivity contribution >= 4 is 6.09 Å². The summed E-state index contributed by atoms with van der Waals surface area (Å²) in [6, 6.07) is 13.3. The predicted molar refractivity (Wildman–Crippen MR) is 90.1 cm³/mol. The summed E-state index contributed by atoms with van der Waals surface area (Å²) in [6.07, 6.45) is 4.13. The highest BCUT2D eigenvalue weighted by molar-refractivity contribution is 5.67. The predicted octanol–water partition coefficient (Wildman–Crippen LogP) is 3.16. The van der Waals surface area contributed by atoms with Crippen molar-refractivity contribution in [2.24, 2.45) is 5.92 Å². The Morgan fingerprint density at radius 1 is 1.17 bits per heavy atom. The van der Waals surface area contributed by atoms with Crippen LogP contribution in [0.1, 0.15) is 30.1 Å². The van der Waals surface area contributed by atoms with Crippen LogP contribution in [0.25, 0.3) is 0 Å². The molecule has 1 fully saturated rings. The van der Waals surface area contributed by atoms with Gasteiger partial charge in [-0.2, -0.15) is 0 Å². The van der Waals surface area contributed by atoms with Gasteiger partial charge in [0.2, 0.25) is 0 Å². The number of carbonyl (C=O) groups excluding carboxylic acids is 1. The van der Waals surface area contributed by atoms with Gasteiger partial charge in [-0.1, -0.05) is 30.3 Å². The SMILES string of the molecule is O=C(OCc1ccccc1)N1CCC(C(O)c2ccncc2)CC1. The molecule has 1 aromatic heterocycles. The van der Waals surface area contributed by atoms with Crippen LogP contribution in [0.3, 0.4) is 0 Å². The van der Waals surface area contributed by atoms with Gasteiger partial charge in [0.1, 0.15) is 6.61 Å². The number of piperidine rings is 1. The van der Waals surface area contributed by atoms with Crippen LogP contribution in [-0.4, -0.2) is 34.2 Å². The van der Waals surface area contributed by atoms with Crippen molar-refractivity contribution in [2.75, 3.05) is 13.1 Å². The fourth-order valence-corrected chi connectivity index (χ4v) is 3.04. The van der Waals surface area contributed by atoms with Crippen LogP contribution in [0.15, 0.2) is 54.9 Å². The van der Waals surface area contributed by atoms with Gasteiger partial charge in [-0.3, -0.25) is 4.98 Å². The third kappa shape index (κ3) is 4.11.